The number of pyridine rings is 1. The Bertz CT molecular complexity index is 593. The quantitative estimate of drug-likeness (QED) is 0.904. The standard InChI is InChI=1S/C13H16N4O3/c1-18-13(5-7-19-8-6-13)12-16-11(20-17-12)9-3-2-4-10(14)15-9/h2-4H,5-8H2,1H3,(H2,14,15). The van der Waals surface area contributed by atoms with Crippen LogP contribution in [0.15, 0.2) is 22.7 Å². The van der Waals surface area contributed by atoms with E-state index in [1.165, 1.54) is 0 Å². The van der Waals surface area contributed by atoms with Crippen LogP contribution in [0.2, 0.25) is 0 Å². The predicted octanol–water partition coefficient (Wildman–Crippen LogP) is 1.37. The molecule has 0 radical (unpaired) electrons. The Labute approximate surface area is 116 Å². The third kappa shape index (κ3) is 2.25. The number of hydrogen-bond acceptors (Lipinski definition) is 7. The van der Waals surface area contributed by atoms with Gasteiger partial charge in [0.15, 0.2) is 0 Å². The van der Waals surface area contributed by atoms with E-state index in [0.29, 0.717) is 49.3 Å². The summed E-state index contributed by atoms with van der Waals surface area (Å²) in [5.41, 5.74) is 5.67. The van der Waals surface area contributed by atoms with E-state index >= 15 is 0 Å². The molecule has 0 atom stereocenters. The molecule has 20 heavy (non-hydrogen) atoms. The lowest BCUT2D eigenvalue weighted by Gasteiger charge is -2.32. The van der Waals surface area contributed by atoms with E-state index in [1.54, 1.807) is 25.3 Å². The molecule has 7 nitrogen and oxygen atoms in total. The first-order valence-electron chi connectivity index (χ1n) is 6.43. The Morgan fingerprint density at radius 1 is 1.25 bits per heavy atom. The Kier molecular flexibility index (Phi) is 3.37. The molecule has 2 N–H and O–H groups in total. The van der Waals surface area contributed by atoms with Crippen LogP contribution in [-0.4, -0.2) is 35.4 Å². The van der Waals surface area contributed by atoms with Gasteiger partial charge in [-0.1, -0.05) is 11.2 Å². The van der Waals surface area contributed by atoms with Crippen LogP contribution in [0.3, 0.4) is 0 Å². The topological polar surface area (TPSA) is 96.3 Å². The molecule has 3 heterocycles. The monoisotopic (exact) mass is 276 g/mol. The number of hydrogen-bond donors (Lipinski definition) is 1. The number of aromatic nitrogens is 3. The molecule has 2 aromatic rings. The van der Waals surface area contributed by atoms with Gasteiger partial charge in [0.25, 0.3) is 5.89 Å². The number of nitrogen functional groups attached to an aromatic ring is 1. The molecule has 1 fully saturated rings. The SMILES string of the molecule is COC1(c2noc(-c3cccc(N)n3)n2)CCOCC1. The van der Waals surface area contributed by atoms with Gasteiger partial charge in [-0.25, -0.2) is 4.98 Å². The first-order valence-corrected chi connectivity index (χ1v) is 6.43. The highest BCUT2D eigenvalue weighted by molar-refractivity contribution is 5.50. The number of methoxy groups -OCH3 is 1. The second-order valence-electron chi connectivity index (χ2n) is 4.68. The highest BCUT2D eigenvalue weighted by Gasteiger charge is 2.39. The number of ether oxygens (including phenoxy) is 2. The van der Waals surface area contributed by atoms with Crippen LogP contribution in [0, 0.1) is 0 Å². The van der Waals surface area contributed by atoms with Crippen molar-refractivity contribution in [3.63, 3.8) is 0 Å². The molecule has 1 aliphatic heterocycles. The second kappa shape index (κ2) is 5.18. The minimum absolute atomic E-state index is 0.343. The third-order valence-electron chi connectivity index (χ3n) is 3.51. The molecule has 3 rings (SSSR count). The number of anilines is 1. The van der Waals surface area contributed by atoms with Crippen molar-refractivity contribution < 1.29 is 14.0 Å². The van der Waals surface area contributed by atoms with Crippen LogP contribution >= 0.6 is 0 Å². The van der Waals surface area contributed by atoms with Crippen LogP contribution < -0.4 is 5.73 Å². The lowest BCUT2D eigenvalue weighted by Crippen LogP contribution is -2.36. The van der Waals surface area contributed by atoms with E-state index in [9.17, 15) is 0 Å². The molecular weight excluding hydrogens is 260 g/mol. The Balaban J connectivity index is 1.93. The van der Waals surface area contributed by atoms with Crippen LogP contribution in [0.4, 0.5) is 5.82 Å². The number of nitrogens with zero attached hydrogens (tertiary/aromatic N) is 3. The maximum absolute atomic E-state index is 5.66. The zero-order valence-corrected chi connectivity index (χ0v) is 11.2. The fraction of sp³-hybridized carbons (Fsp3) is 0.462. The van der Waals surface area contributed by atoms with Crippen molar-refractivity contribution in [1.82, 2.24) is 15.1 Å². The van der Waals surface area contributed by atoms with Gasteiger partial charge in [0.2, 0.25) is 5.82 Å². The molecule has 0 spiro atoms. The smallest absolute Gasteiger partial charge is 0.276 e. The van der Waals surface area contributed by atoms with Crippen molar-refractivity contribution in [2.45, 2.75) is 18.4 Å². The average Bonchev–Trinajstić information content (AvgIpc) is 2.98. The molecule has 1 saturated heterocycles. The summed E-state index contributed by atoms with van der Waals surface area (Å²) in [7, 11) is 1.65. The van der Waals surface area contributed by atoms with Gasteiger partial charge >= 0.3 is 0 Å². The van der Waals surface area contributed by atoms with Gasteiger partial charge in [0, 0.05) is 33.2 Å². The molecular formula is C13H16N4O3. The third-order valence-corrected chi connectivity index (χ3v) is 3.51. The van der Waals surface area contributed by atoms with Crippen molar-refractivity contribution in [2.75, 3.05) is 26.1 Å². The van der Waals surface area contributed by atoms with Gasteiger partial charge in [-0.05, 0) is 12.1 Å². The molecule has 1 aliphatic rings. The van der Waals surface area contributed by atoms with Crippen LogP contribution in [0.25, 0.3) is 11.6 Å². The van der Waals surface area contributed by atoms with E-state index in [2.05, 4.69) is 15.1 Å². The van der Waals surface area contributed by atoms with E-state index < -0.39 is 5.60 Å². The fourth-order valence-electron chi connectivity index (χ4n) is 2.30. The van der Waals surface area contributed by atoms with Crippen molar-refractivity contribution in [3.8, 4) is 11.6 Å². The van der Waals surface area contributed by atoms with Gasteiger partial charge in [0.05, 0.1) is 0 Å². The zero-order valence-electron chi connectivity index (χ0n) is 11.2. The summed E-state index contributed by atoms with van der Waals surface area (Å²) in [5.74, 6) is 1.28. The molecule has 0 saturated carbocycles. The highest BCUT2D eigenvalue weighted by atomic mass is 16.5. The summed E-state index contributed by atoms with van der Waals surface area (Å²) >= 11 is 0. The summed E-state index contributed by atoms with van der Waals surface area (Å²) in [5, 5.41) is 4.04. The van der Waals surface area contributed by atoms with E-state index in [4.69, 9.17) is 19.7 Å². The molecule has 0 bridgehead atoms. The Hall–Kier alpha value is -1.99. The lowest BCUT2D eigenvalue weighted by molar-refractivity contribution is -0.101. The van der Waals surface area contributed by atoms with Crippen molar-refractivity contribution >= 4 is 5.82 Å². The summed E-state index contributed by atoms with van der Waals surface area (Å²) in [4.78, 5) is 8.58. The normalized spacial score (nSPS) is 18.1. The summed E-state index contributed by atoms with van der Waals surface area (Å²) in [6.07, 6.45) is 1.40. The average molecular weight is 276 g/mol. The van der Waals surface area contributed by atoms with Crippen LogP contribution in [0.1, 0.15) is 18.7 Å². The molecule has 0 aliphatic carbocycles. The second-order valence-corrected chi connectivity index (χ2v) is 4.68. The first kappa shape index (κ1) is 13.0. The van der Waals surface area contributed by atoms with Gasteiger partial charge < -0.3 is 19.7 Å². The Morgan fingerprint density at radius 2 is 2.05 bits per heavy atom. The van der Waals surface area contributed by atoms with Crippen LogP contribution in [0.5, 0.6) is 0 Å². The molecule has 2 aromatic heterocycles. The van der Waals surface area contributed by atoms with Gasteiger partial charge in [-0.2, -0.15) is 4.98 Å². The minimum atomic E-state index is -0.541. The Morgan fingerprint density at radius 3 is 2.75 bits per heavy atom. The predicted molar refractivity (Wildman–Crippen MR) is 70.7 cm³/mol. The molecule has 0 amide bonds. The maximum atomic E-state index is 5.66. The zero-order chi connectivity index (χ0) is 14.0. The highest BCUT2D eigenvalue weighted by Crippen LogP contribution is 2.34. The molecule has 0 unspecified atom stereocenters. The maximum Gasteiger partial charge on any atom is 0.276 e. The van der Waals surface area contributed by atoms with Gasteiger partial charge in [-0.15, -0.1) is 0 Å². The molecule has 7 heteroatoms. The lowest BCUT2D eigenvalue weighted by atomic mass is 9.93. The fourth-order valence-corrected chi connectivity index (χ4v) is 2.30. The minimum Gasteiger partial charge on any atom is -0.384 e. The summed E-state index contributed by atoms with van der Waals surface area (Å²) in [6.45, 7) is 1.24. The number of rotatable bonds is 3. The van der Waals surface area contributed by atoms with Crippen molar-refractivity contribution in [1.29, 1.82) is 0 Å². The van der Waals surface area contributed by atoms with Crippen LogP contribution in [-0.2, 0) is 15.1 Å². The summed E-state index contributed by atoms with van der Waals surface area (Å²) in [6, 6.07) is 5.27. The van der Waals surface area contributed by atoms with E-state index in [1.807, 2.05) is 0 Å². The van der Waals surface area contributed by atoms with Crippen molar-refractivity contribution in [3.05, 3.63) is 24.0 Å². The molecule has 0 aromatic carbocycles. The van der Waals surface area contributed by atoms with Gasteiger partial charge in [-0.3, -0.25) is 0 Å². The van der Waals surface area contributed by atoms with Crippen molar-refractivity contribution in [2.24, 2.45) is 0 Å². The van der Waals surface area contributed by atoms with E-state index in [0.717, 1.165) is 0 Å². The largest absolute Gasteiger partial charge is 0.384 e. The first-order chi connectivity index (χ1) is 9.73. The summed E-state index contributed by atoms with van der Waals surface area (Å²) < 4.78 is 16.3. The van der Waals surface area contributed by atoms with Gasteiger partial charge in [0.1, 0.15) is 17.1 Å². The van der Waals surface area contributed by atoms with E-state index in [-0.39, 0.29) is 0 Å². The number of nitrogens with two attached hydrogens (primary N) is 1. The molecule has 106 valence electrons.